The number of thiocarbonyl (C=S) groups is 1. The molecule has 0 spiro atoms. The fourth-order valence-corrected chi connectivity index (χ4v) is 1.76. The first-order valence-electron chi connectivity index (χ1n) is 5.67. The van der Waals surface area contributed by atoms with Crippen LogP contribution in [0.2, 0.25) is 0 Å². The molecule has 0 aliphatic rings. The lowest BCUT2D eigenvalue weighted by Gasteiger charge is -2.09. The van der Waals surface area contributed by atoms with Crippen molar-refractivity contribution < 1.29 is 0 Å². The first kappa shape index (κ1) is 12.4. The molecule has 2 aromatic rings. The Kier molecular flexibility index (Phi) is 3.84. The summed E-state index contributed by atoms with van der Waals surface area (Å²) in [4.78, 5) is 8.57. The van der Waals surface area contributed by atoms with Gasteiger partial charge in [-0.1, -0.05) is 31.3 Å². The third kappa shape index (κ3) is 2.81. The summed E-state index contributed by atoms with van der Waals surface area (Å²) >= 11 is 4.95. The van der Waals surface area contributed by atoms with E-state index in [0.717, 1.165) is 12.1 Å². The van der Waals surface area contributed by atoms with Crippen LogP contribution in [0, 0.1) is 0 Å². The predicted octanol–water partition coefficient (Wildman–Crippen LogP) is 2.42. The van der Waals surface area contributed by atoms with Gasteiger partial charge in [0.1, 0.15) is 10.7 Å². The molecule has 1 heterocycles. The molecule has 0 bridgehead atoms. The second-order valence-corrected chi connectivity index (χ2v) is 4.24. The molecule has 0 fully saturated rings. The van der Waals surface area contributed by atoms with Crippen LogP contribution in [0.1, 0.15) is 18.2 Å². The molecule has 3 N–H and O–H groups in total. The van der Waals surface area contributed by atoms with Crippen molar-refractivity contribution in [3.05, 3.63) is 47.9 Å². The standard InChI is InChI=1S/C13H14N4S/c1-2-9-4-3-5-10(8-9)17-13-11(12(14)18)15-6-7-16-13/h3-8H,2H2,1H3,(H2,14,18)(H,16,17). The minimum atomic E-state index is 0.234. The minimum absolute atomic E-state index is 0.234. The molecule has 1 aromatic heterocycles. The van der Waals surface area contributed by atoms with Crippen molar-refractivity contribution in [2.45, 2.75) is 13.3 Å². The molecule has 0 saturated carbocycles. The fraction of sp³-hybridized carbons (Fsp3) is 0.154. The van der Waals surface area contributed by atoms with Crippen LogP contribution < -0.4 is 11.1 Å². The molecule has 0 amide bonds. The molecule has 18 heavy (non-hydrogen) atoms. The Bertz CT molecular complexity index is 568. The van der Waals surface area contributed by atoms with Crippen LogP contribution in [0.4, 0.5) is 11.5 Å². The van der Waals surface area contributed by atoms with Gasteiger partial charge in [0.15, 0.2) is 5.82 Å². The smallest absolute Gasteiger partial charge is 0.159 e. The quantitative estimate of drug-likeness (QED) is 0.825. The molecule has 2 rings (SSSR count). The van der Waals surface area contributed by atoms with Gasteiger partial charge in [0.2, 0.25) is 0 Å². The molecule has 0 aliphatic carbocycles. The van der Waals surface area contributed by atoms with E-state index >= 15 is 0 Å². The molecular formula is C13H14N4S. The van der Waals surface area contributed by atoms with Gasteiger partial charge in [-0.05, 0) is 24.1 Å². The van der Waals surface area contributed by atoms with E-state index in [0.29, 0.717) is 11.5 Å². The average Bonchev–Trinajstić information content (AvgIpc) is 2.39. The first-order chi connectivity index (χ1) is 8.70. The fourth-order valence-electron chi connectivity index (χ4n) is 1.62. The Morgan fingerprint density at radius 3 is 2.83 bits per heavy atom. The van der Waals surface area contributed by atoms with Crippen LogP contribution in [0.25, 0.3) is 0 Å². The number of nitrogens with one attached hydrogen (secondary N) is 1. The topological polar surface area (TPSA) is 63.8 Å². The number of nitrogens with zero attached hydrogens (tertiary/aromatic N) is 2. The van der Waals surface area contributed by atoms with Crippen LogP contribution in [-0.4, -0.2) is 15.0 Å². The molecule has 0 saturated heterocycles. The molecular weight excluding hydrogens is 244 g/mol. The Labute approximate surface area is 111 Å². The Morgan fingerprint density at radius 1 is 1.33 bits per heavy atom. The maximum atomic E-state index is 5.61. The van der Waals surface area contributed by atoms with Crippen molar-refractivity contribution >= 4 is 28.7 Å². The normalized spacial score (nSPS) is 10.1. The van der Waals surface area contributed by atoms with Crippen molar-refractivity contribution in [3.63, 3.8) is 0 Å². The van der Waals surface area contributed by atoms with Crippen molar-refractivity contribution in [1.29, 1.82) is 0 Å². The monoisotopic (exact) mass is 258 g/mol. The zero-order valence-corrected chi connectivity index (χ0v) is 10.9. The Hall–Kier alpha value is -2.01. The third-order valence-corrected chi connectivity index (χ3v) is 2.72. The molecule has 0 unspecified atom stereocenters. The van der Waals surface area contributed by atoms with Gasteiger partial charge in [-0.3, -0.25) is 0 Å². The van der Waals surface area contributed by atoms with Crippen molar-refractivity contribution in [2.24, 2.45) is 5.73 Å². The number of hydrogen-bond acceptors (Lipinski definition) is 4. The Balaban J connectivity index is 2.31. The summed E-state index contributed by atoms with van der Waals surface area (Å²) in [6.07, 6.45) is 4.16. The highest BCUT2D eigenvalue weighted by molar-refractivity contribution is 7.80. The summed E-state index contributed by atoms with van der Waals surface area (Å²) in [6, 6.07) is 8.11. The van der Waals surface area contributed by atoms with E-state index < -0.39 is 0 Å². The third-order valence-electron chi connectivity index (χ3n) is 2.53. The lowest BCUT2D eigenvalue weighted by Crippen LogP contribution is -2.14. The Morgan fingerprint density at radius 2 is 2.11 bits per heavy atom. The van der Waals surface area contributed by atoms with Crippen LogP contribution in [0.5, 0.6) is 0 Å². The van der Waals surface area contributed by atoms with Crippen LogP contribution in [-0.2, 0) is 6.42 Å². The van der Waals surface area contributed by atoms with Gasteiger partial charge >= 0.3 is 0 Å². The van der Waals surface area contributed by atoms with Gasteiger partial charge in [0.25, 0.3) is 0 Å². The molecule has 1 aromatic carbocycles. The summed E-state index contributed by atoms with van der Waals surface area (Å²) in [5.74, 6) is 0.582. The summed E-state index contributed by atoms with van der Waals surface area (Å²) in [5.41, 5.74) is 8.32. The van der Waals surface area contributed by atoms with Gasteiger partial charge in [0.05, 0.1) is 0 Å². The number of aryl methyl sites for hydroxylation is 1. The van der Waals surface area contributed by atoms with E-state index in [1.165, 1.54) is 5.56 Å². The van der Waals surface area contributed by atoms with Crippen LogP contribution in [0.15, 0.2) is 36.7 Å². The number of rotatable bonds is 4. The molecule has 4 nitrogen and oxygen atoms in total. The van der Waals surface area contributed by atoms with Crippen molar-refractivity contribution in [1.82, 2.24) is 9.97 Å². The zero-order valence-electron chi connectivity index (χ0n) is 10.1. The summed E-state index contributed by atoms with van der Waals surface area (Å²) in [5, 5.41) is 3.19. The number of hydrogen-bond donors (Lipinski definition) is 2. The van der Waals surface area contributed by atoms with E-state index in [9.17, 15) is 0 Å². The van der Waals surface area contributed by atoms with Crippen LogP contribution >= 0.6 is 12.2 Å². The zero-order chi connectivity index (χ0) is 13.0. The van der Waals surface area contributed by atoms with E-state index in [1.807, 2.05) is 12.1 Å². The SMILES string of the molecule is CCc1cccc(Nc2nccnc2C(N)=S)c1. The largest absolute Gasteiger partial charge is 0.388 e. The highest BCUT2D eigenvalue weighted by Crippen LogP contribution is 2.18. The lowest BCUT2D eigenvalue weighted by atomic mass is 10.1. The molecule has 92 valence electrons. The summed E-state index contributed by atoms with van der Waals surface area (Å²) in [7, 11) is 0. The first-order valence-corrected chi connectivity index (χ1v) is 6.08. The molecule has 0 radical (unpaired) electrons. The summed E-state index contributed by atoms with van der Waals surface area (Å²) < 4.78 is 0. The number of benzene rings is 1. The maximum Gasteiger partial charge on any atom is 0.159 e. The van der Waals surface area contributed by atoms with Crippen molar-refractivity contribution in [2.75, 3.05) is 5.32 Å². The van der Waals surface area contributed by atoms with Gasteiger partial charge in [-0.15, -0.1) is 0 Å². The van der Waals surface area contributed by atoms with Gasteiger partial charge < -0.3 is 11.1 Å². The second-order valence-electron chi connectivity index (χ2n) is 3.80. The maximum absolute atomic E-state index is 5.61. The predicted molar refractivity (Wildman–Crippen MR) is 77.0 cm³/mol. The van der Waals surface area contributed by atoms with E-state index in [2.05, 4.69) is 34.3 Å². The number of aromatic nitrogens is 2. The minimum Gasteiger partial charge on any atom is -0.388 e. The van der Waals surface area contributed by atoms with Gasteiger partial charge in [-0.25, -0.2) is 9.97 Å². The van der Waals surface area contributed by atoms with E-state index in [-0.39, 0.29) is 4.99 Å². The molecule has 0 aliphatic heterocycles. The number of anilines is 2. The second kappa shape index (κ2) is 5.55. The van der Waals surface area contributed by atoms with Gasteiger partial charge in [-0.2, -0.15) is 0 Å². The highest BCUT2D eigenvalue weighted by atomic mass is 32.1. The number of nitrogens with two attached hydrogens (primary N) is 1. The van der Waals surface area contributed by atoms with Crippen molar-refractivity contribution in [3.8, 4) is 0 Å². The van der Waals surface area contributed by atoms with Crippen LogP contribution in [0.3, 0.4) is 0 Å². The molecule has 5 heteroatoms. The highest BCUT2D eigenvalue weighted by Gasteiger charge is 2.07. The summed E-state index contributed by atoms with van der Waals surface area (Å²) in [6.45, 7) is 2.11. The van der Waals surface area contributed by atoms with E-state index in [4.69, 9.17) is 18.0 Å². The average molecular weight is 258 g/mol. The van der Waals surface area contributed by atoms with Gasteiger partial charge in [0, 0.05) is 18.1 Å². The lowest BCUT2D eigenvalue weighted by molar-refractivity contribution is 1.14. The van der Waals surface area contributed by atoms with E-state index in [1.54, 1.807) is 12.4 Å². The molecule has 0 atom stereocenters.